The third-order valence-electron chi connectivity index (χ3n) is 2.77. The molecule has 1 fully saturated rings. The van der Waals surface area contributed by atoms with Gasteiger partial charge >= 0.3 is 0 Å². The van der Waals surface area contributed by atoms with E-state index >= 15 is 0 Å². The van der Waals surface area contributed by atoms with E-state index in [0.29, 0.717) is 12.6 Å². The molecule has 0 amide bonds. The Balaban J connectivity index is 2.15. The van der Waals surface area contributed by atoms with Crippen molar-refractivity contribution in [2.24, 2.45) is 0 Å². The Kier molecular flexibility index (Phi) is 3.16. The molecule has 0 spiro atoms. The van der Waals surface area contributed by atoms with Gasteiger partial charge in [0.25, 0.3) is 6.01 Å². The van der Waals surface area contributed by atoms with Crippen LogP contribution in [0.4, 0.5) is 6.01 Å². The lowest BCUT2D eigenvalue weighted by Gasteiger charge is -2.40. The molecule has 90 valence electrons. The van der Waals surface area contributed by atoms with Crippen LogP contribution in [0.1, 0.15) is 19.5 Å². The molecule has 2 heterocycles. The van der Waals surface area contributed by atoms with Gasteiger partial charge in [-0.25, -0.2) is 0 Å². The van der Waals surface area contributed by atoms with Gasteiger partial charge < -0.3 is 19.4 Å². The van der Waals surface area contributed by atoms with Gasteiger partial charge in [-0.05, 0) is 20.9 Å². The Labute approximate surface area is 95.8 Å². The maximum absolute atomic E-state index is 5.51. The highest BCUT2D eigenvalue weighted by atomic mass is 16.5. The van der Waals surface area contributed by atoms with E-state index in [1.165, 1.54) is 0 Å². The minimum atomic E-state index is -0.0555. The van der Waals surface area contributed by atoms with Crippen LogP contribution in [0.5, 0.6) is 0 Å². The molecule has 0 atom stereocenters. The van der Waals surface area contributed by atoms with E-state index in [1.807, 2.05) is 7.05 Å². The van der Waals surface area contributed by atoms with Gasteiger partial charge in [-0.2, -0.15) is 4.98 Å². The molecule has 2 rings (SSSR count). The fourth-order valence-electron chi connectivity index (χ4n) is 1.90. The third-order valence-corrected chi connectivity index (χ3v) is 2.77. The molecular formula is C11H19N3O2. The number of hydrogen-bond acceptors (Lipinski definition) is 5. The second-order valence-electron chi connectivity index (χ2n) is 4.67. The summed E-state index contributed by atoms with van der Waals surface area (Å²) >= 11 is 0. The number of nitrogens with one attached hydrogen (secondary N) is 1. The normalized spacial score (nSPS) is 20.1. The second kappa shape index (κ2) is 4.43. The molecule has 0 radical (unpaired) electrons. The summed E-state index contributed by atoms with van der Waals surface area (Å²) in [5.41, 5.74) is 0.875. The van der Waals surface area contributed by atoms with Crippen molar-refractivity contribution in [1.29, 1.82) is 0 Å². The summed E-state index contributed by atoms with van der Waals surface area (Å²) < 4.78 is 11.0. The van der Waals surface area contributed by atoms with E-state index < -0.39 is 0 Å². The van der Waals surface area contributed by atoms with Crippen molar-refractivity contribution in [3.63, 3.8) is 0 Å². The van der Waals surface area contributed by atoms with Gasteiger partial charge in [0, 0.05) is 13.1 Å². The molecule has 16 heavy (non-hydrogen) atoms. The quantitative estimate of drug-likeness (QED) is 0.832. The van der Waals surface area contributed by atoms with Crippen LogP contribution in [0.3, 0.4) is 0 Å². The van der Waals surface area contributed by atoms with Crippen molar-refractivity contribution in [2.75, 3.05) is 31.7 Å². The lowest BCUT2D eigenvalue weighted by atomic mass is 10.0. The highest BCUT2D eigenvalue weighted by molar-refractivity contribution is 5.32. The molecule has 0 saturated carbocycles. The van der Waals surface area contributed by atoms with E-state index in [1.54, 1.807) is 6.26 Å². The van der Waals surface area contributed by atoms with E-state index in [9.17, 15) is 0 Å². The van der Waals surface area contributed by atoms with Gasteiger partial charge in [0.15, 0.2) is 0 Å². The molecule has 0 bridgehead atoms. The molecule has 0 unspecified atom stereocenters. The second-order valence-corrected chi connectivity index (χ2v) is 4.67. The molecular weight excluding hydrogens is 206 g/mol. The Bertz CT molecular complexity index is 349. The predicted molar refractivity (Wildman–Crippen MR) is 61.5 cm³/mol. The van der Waals surface area contributed by atoms with Crippen molar-refractivity contribution < 1.29 is 9.15 Å². The van der Waals surface area contributed by atoms with Crippen molar-refractivity contribution in [3.8, 4) is 0 Å². The zero-order valence-electron chi connectivity index (χ0n) is 10.1. The summed E-state index contributed by atoms with van der Waals surface area (Å²) in [6, 6.07) is 0.693. The molecule has 5 heteroatoms. The summed E-state index contributed by atoms with van der Waals surface area (Å²) in [4.78, 5) is 6.62. The predicted octanol–water partition coefficient (Wildman–Crippen LogP) is 1.01. The van der Waals surface area contributed by atoms with Crippen LogP contribution in [0.15, 0.2) is 10.7 Å². The Morgan fingerprint density at radius 2 is 2.38 bits per heavy atom. The van der Waals surface area contributed by atoms with E-state index in [0.717, 1.165) is 25.4 Å². The maximum Gasteiger partial charge on any atom is 0.298 e. The van der Waals surface area contributed by atoms with Crippen molar-refractivity contribution in [1.82, 2.24) is 10.3 Å². The van der Waals surface area contributed by atoms with Crippen LogP contribution in [0.2, 0.25) is 0 Å². The van der Waals surface area contributed by atoms with Gasteiger partial charge in [0.1, 0.15) is 6.26 Å². The fourth-order valence-corrected chi connectivity index (χ4v) is 1.90. The summed E-state index contributed by atoms with van der Waals surface area (Å²) in [5.74, 6) is 0. The molecule has 0 aliphatic carbocycles. The van der Waals surface area contributed by atoms with Crippen LogP contribution < -0.4 is 10.2 Å². The molecule has 0 aromatic carbocycles. The van der Waals surface area contributed by atoms with Gasteiger partial charge in [0.05, 0.1) is 24.4 Å². The number of morpholine rings is 1. The molecule has 1 aromatic rings. The SMILES string of the molecule is CNCc1coc(N2CCOCC2(C)C)n1. The average Bonchev–Trinajstić information content (AvgIpc) is 2.66. The van der Waals surface area contributed by atoms with Gasteiger partial charge in [-0.15, -0.1) is 0 Å². The first-order chi connectivity index (χ1) is 7.63. The number of ether oxygens (including phenoxy) is 1. The largest absolute Gasteiger partial charge is 0.432 e. The molecule has 1 aromatic heterocycles. The molecule has 1 aliphatic rings. The fraction of sp³-hybridized carbons (Fsp3) is 0.727. The zero-order valence-corrected chi connectivity index (χ0v) is 10.1. The Morgan fingerprint density at radius 3 is 3.06 bits per heavy atom. The third kappa shape index (κ3) is 2.20. The smallest absolute Gasteiger partial charge is 0.298 e. The Morgan fingerprint density at radius 1 is 1.56 bits per heavy atom. The lowest BCUT2D eigenvalue weighted by Crippen LogP contribution is -2.53. The van der Waals surface area contributed by atoms with Crippen LogP contribution in [-0.4, -0.2) is 37.3 Å². The van der Waals surface area contributed by atoms with Crippen LogP contribution in [0.25, 0.3) is 0 Å². The monoisotopic (exact) mass is 225 g/mol. The molecule has 5 nitrogen and oxygen atoms in total. The highest BCUT2D eigenvalue weighted by Gasteiger charge is 2.33. The molecule has 1 aliphatic heterocycles. The molecule has 1 N–H and O–H groups in total. The average molecular weight is 225 g/mol. The van der Waals surface area contributed by atoms with Crippen molar-refractivity contribution in [2.45, 2.75) is 25.9 Å². The first kappa shape index (κ1) is 11.4. The number of anilines is 1. The van der Waals surface area contributed by atoms with Gasteiger partial charge in [-0.1, -0.05) is 0 Å². The summed E-state index contributed by atoms with van der Waals surface area (Å²) in [7, 11) is 1.90. The first-order valence-corrected chi connectivity index (χ1v) is 5.58. The van der Waals surface area contributed by atoms with E-state index in [2.05, 4.69) is 29.0 Å². The first-order valence-electron chi connectivity index (χ1n) is 5.58. The maximum atomic E-state index is 5.51. The van der Waals surface area contributed by atoms with Crippen LogP contribution >= 0.6 is 0 Å². The van der Waals surface area contributed by atoms with Gasteiger partial charge in [0.2, 0.25) is 0 Å². The summed E-state index contributed by atoms with van der Waals surface area (Å²) in [6.45, 7) is 7.26. The van der Waals surface area contributed by atoms with Crippen molar-refractivity contribution in [3.05, 3.63) is 12.0 Å². The number of hydrogen-bond donors (Lipinski definition) is 1. The minimum Gasteiger partial charge on any atom is -0.432 e. The highest BCUT2D eigenvalue weighted by Crippen LogP contribution is 2.26. The summed E-state index contributed by atoms with van der Waals surface area (Å²) in [5, 5.41) is 3.06. The summed E-state index contributed by atoms with van der Waals surface area (Å²) in [6.07, 6.45) is 1.71. The van der Waals surface area contributed by atoms with Crippen LogP contribution in [0, 0.1) is 0 Å². The minimum absolute atomic E-state index is 0.0555. The van der Waals surface area contributed by atoms with E-state index in [4.69, 9.17) is 9.15 Å². The topological polar surface area (TPSA) is 50.5 Å². The number of nitrogens with zero attached hydrogens (tertiary/aromatic N) is 2. The zero-order chi connectivity index (χ0) is 11.6. The Hall–Kier alpha value is -1.07. The van der Waals surface area contributed by atoms with Crippen LogP contribution in [-0.2, 0) is 11.3 Å². The lowest BCUT2D eigenvalue weighted by molar-refractivity contribution is 0.0612. The van der Waals surface area contributed by atoms with E-state index in [-0.39, 0.29) is 5.54 Å². The van der Waals surface area contributed by atoms with Gasteiger partial charge in [-0.3, -0.25) is 0 Å². The number of rotatable bonds is 3. The standard InChI is InChI=1S/C11H19N3O2/c1-11(2)8-15-5-4-14(11)10-13-9(6-12-3)7-16-10/h7,12H,4-6,8H2,1-3H3. The molecule has 1 saturated heterocycles. The number of aromatic nitrogens is 1. The number of oxazole rings is 1. The van der Waals surface area contributed by atoms with Crippen molar-refractivity contribution >= 4 is 6.01 Å².